The Morgan fingerprint density at radius 3 is 3.08 bits per heavy atom. The zero-order valence-electron chi connectivity index (χ0n) is 7.87. The highest BCUT2D eigenvalue weighted by Crippen LogP contribution is 2.17. The van der Waals surface area contributed by atoms with Crippen LogP contribution in [-0.4, -0.2) is 9.78 Å². The van der Waals surface area contributed by atoms with E-state index >= 15 is 0 Å². The van der Waals surface area contributed by atoms with Crippen molar-refractivity contribution in [3.05, 3.63) is 33.3 Å². The second-order valence-corrected chi connectivity index (χ2v) is 3.35. The van der Waals surface area contributed by atoms with Gasteiger partial charge in [0, 0.05) is 12.6 Å². The normalized spacial score (nSPS) is 14.3. The van der Waals surface area contributed by atoms with E-state index in [9.17, 15) is 4.79 Å². The van der Waals surface area contributed by atoms with Gasteiger partial charge in [-0.05, 0) is 25.3 Å². The lowest BCUT2D eigenvalue weighted by Gasteiger charge is -2.12. The molecule has 1 aliphatic carbocycles. The topological polar surface area (TPSA) is 34.9 Å². The van der Waals surface area contributed by atoms with E-state index in [0.717, 1.165) is 29.7 Å². The summed E-state index contributed by atoms with van der Waals surface area (Å²) in [4.78, 5) is 11.6. The number of aromatic nitrogens is 2. The molecule has 0 atom stereocenters. The first kappa shape index (κ1) is 8.23. The Labute approximate surface area is 76.7 Å². The highest BCUT2D eigenvalue weighted by Gasteiger charge is 2.12. The number of allylic oxidation sites excluding steroid dienone is 1. The van der Waals surface area contributed by atoms with Gasteiger partial charge in [-0.2, -0.15) is 5.10 Å². The second kappa shape index (κ2) is 2.83. The molecule has 0 unspecified atom stereocenters. The van der Waals surface area contributed by atoms with Crippen molar-refractivity contribution in [2.24, 2.45) is 7.05 Å². The summed E-state index contributed by atoms with van der Waals surface area (Å²) < 4.78 is 1.41. The van der Waals surface area contributed by atoms with E-state index in [0.29, 0.717) is 0 Å². The minimum Gasteiger partial charge on any atom is -0.267 e. The van der Waals surface area contributed by atoms with Gasteiger partial charge in [0.15, 0.2) is 0 Å². The third-order valence-electron chi connectivity index (χ3n) is 2.43. The van der Waals surface area contributed by atoms with Gasteiger partial charge in [0.1, 0.15) is 0 Å². The van der Waals surface area contributed by atoms with E-state index < -0.39 is 0 Å². The Hall–Kier alpha value is -1.38. The molecule has 1 aromatic heterocycles. The van der Waals surface area contributed by atoms with E-state index in [4.69, 9.17) is 0 Å². The van der Waals surface area contributed by atoms with Crippen LogP contribution in [0.1, 0.15) is 23.2 Å². The Kier molecular flexibility index (Phi) is 1.79. The van der Waals surface area contributed by atoms with Crippen LogP contribution in [0.3, 0.4) is 0 Å². The van der Waals surface area contributed by atoms with Crippen molar-refractivity contribution < 1.29 is 0 Å². The van der Waals surface area contributed by atoms with Crippen LogP contribution in [0.5, 0.6) is 0 Å². The number of aryl methyl sites for hydroxylation is 2. The van der Waals surface area contributed by atoms with Crippen molar-refractivity contribution in [1.29, 1.82) is 0 Å². The van der Waals surface area contributed by atoms with Crippen LogP contribution in [0.4, 0.5) is 0 Å². The van der Waals surface area contributed by atoms with Crippen LogP contribution in [0.2, 0.25) is 0 Å². The van der Waals surface area contributed by atoms with Gasteiger partial charge < -0.3 is 0 Å². The molecule has 1 aromatic rings. The summed E-state index contributed by atoms with van der Waals surface area (Å²) in [5.74, 6) is 0. The van der Waals surface area contributed by atoms with Crippen molar-refractivity contribution in [3.8, 4) is 0 Å². The molecule has 0 radical (unpaired) electrons. The number of fused-ring (bicyclic) bond motifs is 1. The molecule has 0 saturated heterocycles. The average molecular weight is 176 g/mol. The van der Waals surface area contributed by atoms with Crippen LogP contribution < -0.4 is 5.56 Å². The van der Waals surface area contributed by atoms with Gasteiger partial charge in [-0.1, -0.05) is 12.2 Å². The van der Waals surface area contributed by atoms with Crippen molar-refractivity contribution in [3.63, 3.8) is 0 Å². The summed E-state index contributed by atoms with van der Waals surface area (Å²) in [5, 5.41) is 4.16. The minimum absolute atomic E-state index is 0.0107. The monoisotopic (exact) mass is 176 g/mol. The molecule has 68 valence electrons. The molecule has 3 heteroatoms. The lowest BCUT2D eigenvalue weighted by Crippen LogP contribution is -2.25. The molecule has 0 fully saturated rings. The molecule has 0 aromatic carbocycles. The van der Waals surface area contributed by atoms with Crippen LogP contribution in [0.25, 0.3) is 6.08 Å². The predicted molar refractivity (Wildman–Crippen MR) is 51.6 cm³/mol. The maximum atomic E-state index is 11.6. The van der Waals surface area contributed by atoms with Gasteiger partial charge in [-0.3, -0.25) is 4.79 Å². The third kappa shape index (κ3) is 1.20. The number of hydrogen-bond acceptors (Lipinski definition) is 2. The molecule has 3 nitrogen and oxygen atoms in total. The van der Waals surface area contributed by atoms with Gasteiger partial charge >= 0.3 is 0 Å². The fraction of sp³-hybridized carbons (Fsp3) is 0.400. The van der Waals surface area contributed by atoms with Gasteiger partial charge in [0.2, 0.25) is 0 Å². The molecule has 0 N–H and O–H groups in total. The fourth-order valence-corrected chi connectivity index (χ4v) is 1.75. The van der Waals surface area contributed by atoms with Gasteiger partial charge in [0.25, 0.3) is 5.56 Å². The SMILES string of the molecule is Cc1nn(C)c(=O)c2c1CCC=C2. The fourth-order valence-electron chi connectivity index (χ4n) is 1.75. The first-order chi connectivity index (χ1) is 6.20. The zero-order chi connectivity index (χ0) is 9.42. The van der Waals surface area contributed by atoms with Crippen molar-refractivity contribution in [2.45, 2.75) is 19.8 Å². The molecule has 0 spiro atoms. The molecule has 0 bridgehead atoms. The lowest BCUT2D eigenvalue weighted by molar-refractivity contribution is 0.677. The number of rotatable bonds is 0. The molecule has 1 heterocycles. The summed E-state index contributed by atoms with van der Waals surface area (Å²) in [6, 6.07) is 0. The van der Waals surface area contributed by atoms with E-state index in [1.807, 2.05) is 19.1 Å². The molecule has 13 heavy (non-hydrogen) atoms. The predicted octanol–water partition coefficient (Wildman–Crippen LogP) is 1.05. The van der Waals surface area contributed by atoms with Crippen LogP contribution in [0.15, 0.2) is 10.9 Å². The second-order valence-electron chi connectivity index (χ2n) is 3.35. The molecule has 0 saturated carbocycles. The first-order valence-electron chi connectivity index (χ1n) is 4.43. The summed E-state index contributed by atoms with van der Waals surface area (Å²) in [6.45, 7) is 1.96. The standard InChI is InChI=1S/C10H12N2O/c1-7-8-5-3-4-6-9(8)10(13)12(2)11-7/h4,6H,3,5H2,1-2H3. The molecule has 0 amide bonds. The summed E-state index contributed by atoms with van der Waals surface area (Å²) >= 11 is 0. The highest BCUT2D eigenvalue weighted by molar-refractivity contribution is 5.55. The third-order valence-corrected chi connectivity index (χ3v) is 2.43. The molecule has 0 aliphatic heterocycles. The minimum atomic E-state index is 0.0107. The summed E-state index contributed by atoms with van der Waals surface area (Å²) in [6.07, 6.45) is 5.92. The largest absolute Gasteiger partial charge is 0.274 e. The van der Waals surface area contributed by atoms with Crippen molar-refractivity contribution in [2.75, 3.05) is 0 Å². The van der Waals surface area contributed by atoms with Gasteiger partial charge in [-0.25, -0.2) is 4.68 Å². The lowest BCUT2D eigenvalue weighted by atomic mass is 9.98. The number of nitrogens with zero attached hydrogens (tertiary/aromatic N) is 2. The average Bonchev–Trinajstić information content (AvgIpc) is 2.15. The maximum Gasteiger partial charge on any atom is 0.274 e. The Morgan fingerprint density at radius 2 is 2.31 bits per heavy atom. The van der Waals surface area contributed by atoms with E-state index in [1.165, 1.54) is 4.68 Å². The van der Waals surface area contributed by atoms with E-state index in [2.05, 4.69) is 5.10 Å². The van der Waals surface area contributed by atoms with E-state index in [1.54, 1.807) is 7.05 Å². The van der Waals surface area contributed by atoms with E-state index in [-0.39, 0.29) is 5.56 Å². The zero-order valence-corrected chi connectivity index (χ0v) is 7.87. The van der Waals surface area contributed by atoms with Crippen molar-refractivity contribution >= 4 is 6.08 Å². The number of hydrogen-bond donors (Lipinski definition) is 0. The Morgan fingerprint density at radius 1 is 1.54 bits per heavy atom. The smallest absolute Gasteiger partial charge is 0.267 e. The molecular weight excluding hydrogens is 164 g/mol. The van der Waals surface area contributed by atoms with Crippen LogP contribution in [-0.2, 0) is 13.5 Å². The van der Waals surface area contributed by atoms with Crippen LogP contribution in [0, 0.1) is 6.92 Å². The summed E-state index contributed by atoms with van der Waals surface area (Å²) in [5.41, 5.74) is 2.92. The summed E-state index contributed by atoms with van der Waals surface area (Å²) in [7, 11) is 1.69. The molecule has 2 rings (SSSR count). The highest BCUT2D eigenvalue weighted by atomic mass is 16.1. The Balaban J connectivity index is 2.80. The quantitative estimate of drug-likeness (QED) is 0.592. The maximum absolute atomic E-state index is 11.6. The van der Waals surface area contributed by atoms with Gasteiger partial charge in [0.05, 0.1) is 5.69 Å². The Bertz CT molecular complexity index is 429. The van der Waals surface area contributed by atoms with Gasteiger partial charge in [-0.15, -0.1) is 0 Å². The first-order valence-corrected chi connectivity index (χ1v) is 4.43. The van der Waals surface area contributed by atoms with Crippen LogP contribution >= 0.6 is 0 Å². The van der Waals surface area contributed by atoms with Crippen molar-refractivity contribution in [1.82, 2.24) is 9.78 Å². The molecule has 1 aliphatic rings. The molecular formula is C10H12N2O.